The molecule has 3 rings (SSSR count). The Morgan fingerprint density at radius 2 is 1.62 bits per heavy atom. The zero-order chi connectivity index (χ0) is 15.1. The molecule has 0 saturated carbocycles. The minimum atomic E-state index is -0.288. The van der Waals surface area contributed by atoms with Gasteiger partial charge in [0.1, 0.15) is 11.0 Å². The molecule has 106 valence electrons. The molecule has 2 nitrogen and oxygen atoms in total. The smallest absolute Gasteiger partial charge is 0.161 e. The molecule has 0 aliphatic carbocycles. The van der Waals surface area contributed by atoms with Gasteiger partial charge in [-0.1, -0.05) is 28.8 Å². The average molecular weight is 301 g/mol. The lowest BCUT2D eigenvalue weighted by atomic mass is 10.1. The lowest BCUT2D eigenvalue weighted by Gasteiger charge is -2.08. The number of aryl methyl sites for hydroxylation is 3. The largest absolute Gasteiger partial charge is 0.228 e. The SMILES string of the molecule is Cc1cc(C)cc(-c2nc(Cl)c3ccc(F)c(C)c3n2)c1. The third kappa shape index (κ3) is 2.49. The summed E-state index contributed by atoms with van der Waals surface area (Å²) in [5, 5.41) is 1.01. The Labute approximate surface area is 127 Å². The molecule has 0 aliphatic rings. The Balaban J connectivity index is 2.31. The van der Waals surface area contributed by atoms with Crippen molar-refractivity contribution in [3.63, 3.8) is 0 Å². The topological polar surface area (TPSA) is 25.8 Å². The normalized spacial score (nSPS) is 11.1. The molecular weight excluding hydrogens is 287 g/mol. The van der Waals surface area contributed by atoms with E-state index in [4.69, 9.17) is 11.6 Å². The van der Waals surface area contributed by atoms with Gasteiger partial charge in [-0.05, 0) is 45.0 Å². The van der Waals surface area contributed by atoms with Gasteiger partial charge in [0, 0.05) is 16.5 Å². The van der Waals surface area contributed by atoms with Gasteiger partial charge in [-0.3, -0.25) is 0 Å². The number of hydrogen-bond donors (Lipinski definition) is 0. The van der Waals surface area contributed by atoms with E-state index in [1.165, 1.54) is 6.07 Å². The van der Waals surface area contributed by atoms with Crippen molar-refractivity contribution in [2.75, 3.05) is 0 Å². The molecular formula is C17H14ClFN2. The molecule has 21 heavy (non-hydrogen) atoms. The summed E-state index contributed by atoms with van der Waals surface area (Å²) < 4.78 is 13.7. The molecule has 0 fully saturated rings. The predicted molar refractivity (Wildman–Crippen MR) is 84.2 cm³/mol. The standard InChI is InChI=1S/C17H14ClFN2/c1-9-6-10(2)8-12(7-9)17-20-15-11(3)14(19)5-4-13(15)16(18)21-17/h4-8H,1-3H3. The number of nitrogens with zero attached hydrogens (tertiary/aromatic N) is 2. The zero-order valence-electron chi connectivity index (χ0n) is 12.0. The monoisotopic (exact) mass is 300 g/mol. The number of aromatic nitrogens is 2. The van der Waals surface area contributed by atoms with Crippen molar-refractivity contribution in [2.45, 2.75) is 20.8 Å². The number of benzene rings is 2. The highest BCUT2D eigenvalue weighted by molar-refractivity contribution is 6.34. The molecule has 0 N–H and O–H groups in total. The van der Waals surface area contributed by atoms with E-state index in [9.17, 15) is 4.39 Å². The van der Waals surface area contributed by atoms with Gasteiger partial charge in [0.2, 0.25) is 0 Å². The molecule has 2 aromatic carbocycles. The summed E-state index contributed by atoms with van der Waals surface area (Å²) in [4.78, 5) is 8.87. The third-order valence-corrected chi connectivity index (χ3v) is 3.78. The maximum absolute atomic E-state index is 13.7. The first-order valence-corrected chi connectivity index (χ1v) is 7.04. The summed E-state index contributed by atoms with van der Waals surface area (Å²) >= 11 is 6.24. The van der Waals surface area contributed by atoms with Gasteiger partial charge in [-0.15, -0.1) is 0 Å². The van der Waals surface area contributed by atoms with Gasteiger partial charge in [0.15, 0.2) is 5.82 Å². The van der Waals surface area contributed by atoms with Gasteiger partial charge in [0.25, 0.3) is 0 Å². The van der Waals surface area contributed by atoms with Crippen molar-refractivity contribution >= 4 is 22.5 Å². The van der Waals surface area contributed by atoms with Crippen LogP contribution in [0.15, 0.2) is 30.3 Å². The van der Waals surface area contributed by atoms with E-state index in [1.807, 2.05) is 26.0 Å². The molecule has 0 atom stereocenters. The van der Waals surface area contributed by atoms with Crippen LogP contribution in [0.5, 0.6) is 0 Å². The van der Waals surface area contributed by atoms with Crippen LogP contribution in [-0.4, -0.2) is 9.97 Å². The van der Waals surface area contributed by atoms with Crippen LogP contribution >= 0.6 is 11.6 Å². The van der Waals surface area contributed by atoms with Crippen molar-refractivity contribution in [3.05, 3.63) is 58.0 Å². The molecule has 0 amide bonds. The summed E-state index contributed by atoms with van der Waals surface area (Å²) in [6.07, 6.45) is 0. The van der Waals surface area contributed by atoms with Crippen LogP contribution in [0.3, 0.4) is 0 Å². The summed E-state index contributed by atoms with van der Waals surface area (Å²) in [5.41, 5.74) is 4.19. The van der Waals surface area contributed by atoms with E-state index >= 15 is 0 Å². The van der Waals surface area contributed by atoms with Crippen molar-refractivity contribution in [1.29, 1.82) is 0 Å². The van der Waals surface area contributed by atoms with E-state index in [0.717, 1.165) is 16.7 Å². The molecule has 0 saturated heterocycles. The summed E-state index contributed by atoms with van der Waals surface area (Å²) in [6, 6.07) is 9.09. The zero-order valence-corrected chi connectivity index (χ0v) is 12.8. The van der Waals surface area contributed by atoms with E-state index in [0.29, 0.717) is 27.4 Å². The minimum Gasteiger partial charge on any atom is -0.228 e. The average Bonchev–Trinajstić information content (AvgIpc) is 2.42. The fourth-order valence-electron chi connectivity index (χ4n) is 2.50. The van der Waals surface area contributed by atoms with Crippen molar-refractivity contribution in [2.24, 2.45) is 0 Å². The molecule has 0 aliphatic heterocycles. The second kappa shape index (κ2) is 5.08. The fourth-order valence-corrected chi connectivity index (χ4v) is 2.74. The van der Waals surface area contributed by atoms with Gasteiger partial charge in [-0.25, -0.2) is 14.4 Å². The fraction of sp³-hybridized carbons (Fsp3) is 0.176. The van der Waals surface area contributed by atoms with E-state index in [2.05, 4.69) is 16.0 Å². The first kappa shape index (κ1) is 14.0. The lowest BCUT2D eigenvalue weighted by Crippen LogP contribution is -1.96. The van der Waals surface area contributed by atoms with Crippen LogP contribution in [0.4, 0.5) is 4.39 Å². The van der Waals surface area contributed by atoms with Crippen LogP contribution in [0.25, 0.3) is 22.3 Å². The highest BCUT2D eigenvalue weighted by atomic mass is 35.5. The maximum Gasteiger partial charge on any atom is 0.161 e. The van der Waals surface area contributed by atoms with Gasteiger partial charge in [0.05, 0.1) is 5.52 Å². The number of fused-ring (bicyclic) bond motifs is 1. The predicted octanol–water partition coefficient (Wildman–Crippen LogP) is 5.01. The number of halogens is 2. The molecule has 4 heteroatoms. The Hall–Kier alpha value is -2.00. The molecule has 1 aromatic heterocycles. The Kier molecular flexibility index (Phi) is 3.38. The van der Waals surface area contributed by atoms with E-state index in [-0.39, 0.29) is 5.82 Å². The molecule has 0 bridgehead atoms. The minimum absolute atomic E-state index is 0.288. The quantitative estimate of drug-likeness (QED) is 0.590. The summed E-state index contributed by atoms with van der Waals surface area (Å²) in [7, 11) is 0. The number of rotatable bonds is 1. The summed E-state index contributed by atoms with van der Waals surface area (Å²) in [6.45, 7) is 5.74. The highest BCUT2D eigenvalue weighted by Gasteiger charge is 2.12. The highest BCUT2D eigenvalue weighted by Crippen LogP contribution is 2.28. The van der Waals surface area contributed by atoms with Crippen LogP contribution in [0, 0.1) is 26.6 Å². The van der Waals surface area contributed by atoms with Crippen molar-refractivity contribution in [1.82, 2.24) is 9.97 Å². The van der Waals surface area contributed by atoms with Gasteiger partial charge < -0.3 is 0 Å². The second-order valence-electron chi connectivity index (χ2n) is 5.28. The van der Waals surface area contributed by atoms with Crippen molar-refractivity contribution in [3.8, 4) is 11.4 Å². The van der Waals surface area contributed by atoms with Crippen LogP contribution in [0.1, 0.15) is 16.7 Å². The van der Waals surface area contributed by atoms with Crippen molar-refractivity contribution < 1.29 is 4.39 Å². The first-order chi connectivity index (χ1) is 9.95. The third-order valence-electron chi connectivity index (χ3n) is 3.49. The van der Waals surface area contributed by atoms with Crippen LogP contribution < -0.4 is 0 Å². The Morgan fingerprint density at radius 3 is 2.29 bits per heavy atom. The molecule has 0 spiro atoms. The van der Waals surface area contributed by atoms with Crippen LogP contribution in [0.2, 0.25) is 5.15 Å². The van der Waals surface area contributed by atoms with E-state index < -0.39 is 0 Å². The molecule has 0 radical (unpaired) electrons. The second-order valence-corrected chi connectivity index (χ2v) is 5.64. The molecule has 0 unspecified atom stereocenters. The van der Waals surface area contributed by atoms with Gasteiger partial charge >= 0.3 is 0 Å². The maximum atomic E-state index is 13.7. The first-order valence-electron chi connectivity index (χ1n) is 6.67. The lowest BCUT2D eigenvalue weighted by molar-refractivity contribution is 0.620. The van der Waals surface area contributed by atoms with Gasteiger partial charge in [-0.2, -0.15) is 0 Å². The summed E-state index contributed by atoms with van der Waals surface area (Å²) in [5.74, 6) is 0.233. The van der Waals surface area contributed by atoms with E-state index in [1.54, 1.807) is 13.0 Å². The Morgan fingerprint density at radius 1 is 0.952 bits per heavy atom. The molecule has 3 aromatic rings. The molecule has 1 heterocycles. The number of hydrogen-bond acceptors (Lipinski definition) is 2. The Bertz CT molecular complexity index is 839. The van der Waals surface area contributed by atoms with Crippen LogP contribution in [-0.2, 0) is 0 Å².